The third-order valence-corrected chi connectivity index (χ3v) is 7.85. The maximum atomic E-state index is 13.6. The van der Waals surface area contributed by atoms with E-state index in [1.807, 2.05) is 67.6 Å². The number of nitrogens with zero attached hydrogens (tertiary/aromatic N) is 3. The lowest BCUT2D eigenvalue weighted by atomic mass is 10.1. The normalized spacial score (nSPS) is 11.3. The molecule has 6 nitrogen and oxygen atoms in total. The Morgan fingerprint density at radius 1 is 1.09 bits per heavy atom. The summed E-state index contributed by atoms with van der Waals surface area (Å²) >= 11 is 2.63. The van der Waals surface area contributed by atoms with Gasteiger partial charge in [0, 0.05) is 17.3 Å². The van der Waals surface area contributed by atoms with Gasteiger partial charge in [-0.3, -0.25) is 14.2 Å². The number of benzene rings is 2. The minimum Gasteiger partial charge on any atom is -0.325 e. The lowest BCUT2D eigenvalue weighted by Crippen LogP contribution is -2.24. The van der Waals surface area contributed by atoms with Crippen LogP contribution in [0.4, 0.5) is 5.69 Å². The molecule has 176 valence electrons. The molecule has 3 heterocycles. The van der Waals surface area contributed by atoms with Crippen molar-refractivity contribution in [1.82, 2.24) is 14.5 Å². The molecular formula is C27H24N4O2S2. The van der Waals surface area contributed by atoms with Gasteiger partial charge in [-0.25, -0.2) is 9.97 Å². The van der Waals surface area contributed by atoms with Crippen molar-refractivity contribution in [1.29, 1.82) is 0 Å². The Kier molecular flexibility index (Phi) is 6.66. The van der Waals surface area contributed by atoms with Crippen LogP contribution in [0.3, 0.4) is 0 Å². The van der Waals surface area contributed by atoms with Crippen LogP contribution in [-0.4, -0.2) is 26.2 Å². The average molecular weight is 501 g/mol. The molecule has 0 aliphatic heterocycles. The largest absolute Gasteiger partial charge is 0.325 e. The molecule has 0 saturated heterocycles. The molecule has 35 heavy (non-hydrogen) atoms. The van der Waals surface area contributed by atoms with E-state index in [-0.39, 0.29) is 17.2 Å². The van der Waals surface area contributed by atoms with Crippen molar-refractivity contribution in [2.75, 3.05) is 11.1 Å². The predicted molar refractivity (Wildman–Crippen MR) is 145 cm³/mol. The van der Waals surface area contributed by atoms with Crippen molar-refractivity contribution in [2.24, 2.45) is 0 Å². The summed E-state index contributed by atoms with van der Waals surface area (Å²) in [6.07, 6.45) is 2.55. The van der Waals surface area contributed by atoms with E-state index in [0.717, 1.165) is 39.0 Å². The minimum absolute atomic E-state index is 0.113. The number of rotatable bonds is 7. The average Bonchev–Trinajstić information content (AvgIpc) is 3.25. The number of hydrogen-bond donors (Lipinski definition) is 1. The highest BCUT2D eigenvalue weighted by Crippen LogP contribution is 2.30. The van der Waals surface area contributed by atoms with Gasteiger partial charge in [0.2, 0.25) is 5.91 Å². The monoisotopic (exact) mass is 500 g/mol. The summed E-state index contributed by atoms with van der Waals surface area (Å²) in [5, 5.41) is 4.38. The number of amides is 1. The Bertz CT molecular complexity index is 1590. The summed E-state index contributed by atoms with van der Waals surface area (Å²) < 4.78 is 2.25. The second-order valence-corrected chi connectivity index (χ2v) is 10.2. The van der Waals surface area contributed by atoms with Crippen LogP contribution in [0, 0.1) is 6.92 Å². The summed E-state index contributed by atoms with van der Waals surface area (Å²) in [5.41, 5.74) is 4.58. The molecule has 5 rings (SSSR count). The topological polar surface area (TPSA) is 76.9 Å². The first-order valence-electron chi connectivity index (χ1n) is 11.4. The summed E-state index contributed by atoms with van der Waals surface area (Å²) in [7, 11) is 0. The highest BCUT2D eigenvalue weighted by atomic mass is 32.2. The van der Waals surface area contributed by atoms with Crippen molar-refractivity contribution in [3.05, 3.63) is 93.9 Å². The van der Waals surface area contributed by atoms with Gasteiger partial charge in [-0.2, -0.15) is 0 Å². The van der Waals surface area contributed by atoms with Gasteiger partial charge in [-0.05, 0) is 42.7 Å². The molecule has 1 amide bonds. The van der Waals surface area contributed by atoms with Gasteiger partial charge >= 0.3 is 0 Å². The minimum atomic E-state index is -0.135. The number of nitrogens with one attached hydrogen (secondary N) is 1. The van der Waals surface area contributed by atoms with E-state index in [2.05, 4.69) is 17.2 Å². The van der Waals surface area contributed by atoms with E-state index < -0.39 is 0 Å². The summed E-state index contributed by atoms with van der Waals surface area (Å²) in [4.78, 5) is 36.5. The maximum Gasteiger partial charge on any atom is 0.272 e. The van der Waals surface area contributed by atoms with Crippen LogP contribution in [0.5, 0.6) is 0 Å². The third kappa shape index (κ3) is 4.85. The number of pyridine rings is 1. The highest BCUT2D eigenvalue weighted by molar-refractivity contribution is 7.99. The van der Waals surface area contributed by atoms with Crippen LogP contribution in [0.1, 0.15) is 23.6 Å². The number of carbonyl (C=O) groups excluding carboxylic acids is 1. The van der Waals surface area contributed by atoms with Gasteiger partial charge in [-0.15, -0.1) is 11.3 Å². The fourth-order valence-corrected chi connectivity index (χ4v) is 5.76. The maximum absolute atomic E-state index is 13.6. The van der Waals surface area contributed by atoms with Crippen LogP contribution in [0.25, 0.3) is 20.4 Å². The van der Waals surface area contributed by atoms with E-state index in [1.165, 1.54) is 23.1 Å². The number of thiophene rings is 1. The standard InChI is InChI=1S/C27H24N4O2S2/c1-3-19-7-4-5-9-21(19)29-22(32)16-34-27-30-23-20-8-6-14-28-25(20)35-24(23)26(33)31(27)15-18-12-10-17(2)11-13-18/h4-14H,3,15-16H2,1-2H3,(H,29,32). The van der Waals surface area contributed by atoms with Crippen LogP contribution in [-0.2, 0) is 17.8 Å². The van der Waals surface area contributed by atoms with Crippen LogP contribution in [0.2, 0.25) is 0 Å². The molecule has 1 N–H and O–H groups in total. The Labute approximate surface area is 211 Å². The van der Waals surface area contributed by atoms with Crippen molar-refractivity contribution in [2.45, 2.75) is 32.0 Å². The molecule has 5 aromatic rings. The number of para-hydroxylation sites is 1. The van der Waals surface area contributed by atoms with E-state index in [4.69, 9.17) is 4.98 Å². The van der Waals surface area contributed by atoms with Gasteiger partial charge in [-0.1, -0.05) is 66.7 Å². The number of hydrogen-bond acceptors (Lipinski definition) is 6. The second-order valence-electron chi connectivity index (χ2n) is 8.25. The van der Waals surface area contributed by atoms with Crippen molar-refractivity contribution >= 4 is 55.1 Å². The molecule has 0 unspecified atom stereocenters. The number of carbonyl (C=O) groups is 1. The molecule has 3 aromatic heterocycles. The summed E-state index contributed by atoms with van der Waals surface area (Å²) in [6.45, 7) is 4.47. The molecule has 2 aromatic carbocycles. The van der Waals surface area contributed by atoms with Gasteiger partial charge < -0.3 is 5.32 Å². The van der Waals surface area contributed by atoms with E-state index >= 15 is 0 Å². The van der Waals surface area contributed by atoms with E-state index in [9.17, 15) is 9.59 Å². The van der Waals surface area contributed by atoms with Gasteiger partial charge in [0.1, 0.15) is 9.53 Å². The zero-order valence-electron chi connectivity index (χ0n) is 19.4. The van der Waals surface area contributed by atoms with Crippen LogP contribution in [0.15, 0.2) is 76.8 Å². The van der Waals surface area contributed by atoms with Gasteiger partial charge in [0.25, 0.3) is 5.56 Å². The Morgan fingerprint density at radius 2 is 1.89 bits per heavy atom. The molecule has 0 bridgehead atoms. The molecule has 0 fully saturated rings. The number of aryl methyl sites for hydroxylation is 2. The first-order chi connectivity index (χ1) is 17.0. The molecular weight excluding hydrogens is 476 g/mol. The van der Waals surface area contributed by atoms with Crippen LogP contribution >= 0.6 is 23.1 Å². The third-order valence-electron chi connectivity index (χ3n) is 5.78. The second kappa shape index (κ2) is 10.0. The molecule has 0 saturated carbocycles. The summed E-state index contributed by atoms with van der Waals surface area (Å²) in [5.74, 6) is 0.00786. The Hall–Kier alpha value is -3.49. The predicted octanol–water partition coefficient (Wildman–Crippen LogP) is 5.66. The van der Waals surface area contributed by atoms with E-state index in [1.54, 1.807) is 10.8 Å². The number of aromatic nitrogens is 3. The molecule has 0 aliphatic rings. The Morgan fingerprint density at radius 3 is 2.69 bits per heavy atom. The fourth-order valence-electron chi connectivity index (χ4n) is 3.93. The zero-order chi connectivity index (χ0) is 24.4. The zero-order valence-corrected chi connectivity index (χ0v) is 21.1. The highest BCUT2D eigenvalue weighted by Gasteiger charge is 2.18. The lowest BCUT2D eigenvalue weighted by Gasteiger charge is -2.13. The number of fused-ring (bicyclic) bond motifs is 3. The smallest absolute Gasteiger partial charge is 0.272 e. The molecule has 8 heteroatoms. The van der Waals surface area contributed by atoms with Crippen molar-refractivity contribution in [3.63, 3.8) is 0 Å². The number of thioether (sulfide) groups is 1. The molecule has 0 spiro atoms. The fraction of sp³-hybridized carbons (Fsp3) is 0.185. The first-order valence-corrected chi connectivity index (χ1v) is 13.2. The SMILES string of the molecule is CCc1ccccc1NC(=O)CSc1nc2c(sc3ncccc32)c(=O)n1Cc1ccc(C)cc1. The summed E-state index contributed by atoms with van der Waals surface area (Å²) in [6, 6.07) is 19.7. The first kappa shape index (κ1) is 23.3. The Balaban J connectivity index is 1.50. The lowest BCUT2D eigenvalue weighted by molar-refractivity contribution is -0.113. The molecule has 0 aliphatic carbocycles. The van der Waals surface area contributed by atoms with Crippen LogP contribution < -0.4 is 10.9 Å². The van der Waals surface area contributed by atoms with Gasteiger partial charge in [0.15, 0.2) is 5.16 Å². The van der Waals surface area contributed by atoms with Crippen molar-refractivity contribution in [3.8, 4) is 0 Å². The van der Waals surface area contributed by atoms with E-state index in [0.29, 0.717) is 21.9 Å². The number of anilines is 1. The van der Waals surface area contributed by atoms with Gasteiger partial charge in [0.05, 0.1) is 17.8 Å². The quantitative estimate of drug-likeness (QED) is 0.231. The van der Waals surface area contributed by atoms with Crippen molar-refractivity contribution < 1.29 is 4.79 Å². The molecule has 0 atom stereocenters. The molecule has 0 radical (unpaired) electrons.